The van der Waals surface area contributed by atoms with Gasteiger partial charge in [-0.1, -0.05) is 12.1 Å². The van der Waals surface area contributed by atoms with E-state index in [4.69, 9.17) is 15.7 Å². The van der Waals surface area contributed by atoms with E-state index in [0.717, 1.165) is 35.7 Å². The quantitative estimate of drug-likeness (QED) is 0.315. The molecule has 2 atom stereocenters. The van der Waals surface area contributed by atoms with Crippen molar-refractivity contribution >= 4 is 22.8 Å². The lowest BCUT2D eigenvalue weighted by Crippen LogP contribution is -2.59. The minimum absolute atomic E-state index is 0.198. The van der Waals surface area contributed by atoms with Gasteiger partial charge in [0, 0.05) is 56.0 Å². The topological polar surface area (TPSA) is 116 Å². The van der Waals surface area contributed by atoms with Crippen LogP contribution in [0.5, 0.6) is 0 Å². The molecule has 1 fully saturated rings. The molecule has 1 aliphatic heterocycles. The first-order chi connectivity index (χ1) is 20.6. The Bertz CT molecular complexity index is 1900. The van der Waals surface area contributed by atoms with Gasteiger partial charge in [0.25, 0.3) is 0 Å². The predicted octanol–water partition coefficient (Wildman–Crippen LogP) is 4.06. The lowest BCUT2D eigenvalue weighted by molar-refractivity contribution is 0.240. The summed E-state index contributed by atoms with van der Waals surface area (Å²) in [6.07, 6.45) is 6.32. The van der Waals surface area contributed by atoms with Gasteiger partial charge in [0.15, 0.2) is 17.3 Å². The van der Waals surface area contributed by atoms with Gasteiger partial charge in [0.05, 0.1) is 11.6 Å². The SMILES string of the molecule is Nc1ncccc1-c1nc2ccc(-n3cccn3)nc2n1-c1ccc2c(c1)CC(F)[C@@H]2NC1CN(c2ccccn2)C1. The standard InChI is InChI=1S/C31H27FN10/c32-24-16-19-15-21(7-8-22(19)28(24)37-20-17-40(18-20)26-6-1-2-11-34-26)42-30(23-5-3-12-35-29(23)33)38-25-9-10-27(39-31(25)42)41-14-4-13-36-41/h1-15,20,24,28,37H,16-18H2,(H2,33,35)/t24?,28-/m1/s1. The van der Waals surface area contributed by atoms with Gasteiger partial charge in [-0.05, 0) is 65.7 Å². The van der Waals surface area contributed by atoms with Crippen molar-refractivity contribution < 1.29 is 4.39 Å². The molecular formula is C31H27FN10. The summed E-state index contributed by atoms with van der Waals surface area (Å²) >= 11 is 0. The maximum atomic E-state index is 15.5. The van der Waals surface area contributed by atoms with Gasteiger partial charge in [0.2, 0.25) is 0 Å². The molecule has 1 saturated heterocycles. The number of nitrogens with zero attached hydrogens (tertiary/aromatic N) is 8. The van der Waals surface area contributed by atoms with Crippen molar-refractivity contribution in [3.05, 3.63) is 103 Å². The zero-order valence-electron chi connectivity index (χ0n) is 22.5. The zero-order chi connectivity index (χ0) is 28.2. The minimum atomic E-state index is -1.02. The van der Waals surface area contributed by atoms with Crippen LogP contribution in [0, 0.1) is 0 Å². The van der Waals surface area contributed by atoms with E-state index in [0.29, 0.717) is 40.6 Å². The highest BCUT2D eigenvalue weighted by Crippen LogP contribution is 2.38. The Labute approximate surface area is 240 Å². The summed E-state index contributed by atoms with van der Waals surface area (Å²) in [4.78, 5) is 20.7. The molecule has 1 aromatic carbocycles. The van der Waals surface area contributed by atoms with E-state index in [1.54, 1.807) is 23.3 Å². The number of pyridine rings is 3. The molecule has 11 heteroatoms. The molecule has 0 saturated carbocycles. The Morgan fingerprint density at radius 2 is 1.79 bits per heavy atom. The fraction of sp³-hybridized carbons (Fsp3) is 0.194. The van der Waals surface area contributed by atoms with Gasteiger partial charge in [-0.15, -0.1) is 0 Å². The molecule has 10 nitrogen and oxygen atoms in total. The molecule has 0 spiro atoms. The number of hydrogen-bond acceptors (Lipinski definition) is 8. The van der Waals surface area contributed by atoms with Gasteiger partial charge >= 0.3 is 0 Å². The van der Waals surface area contributed by atoms with Crippen molar-refractivity contribution in [2.75, 3.05) is 23.7 Å². The molecular weight excluding hydrogens is 531 g/mol. The Hall–Kier alpha value is -5.16. The number of nitrogen functional groups attached to an aromatic ring is 1. The predicted molar refractivity (Wildman–Crippen MR) is 158 cm³/mol. The first kappa shape index (κ1) is 24.6. The van der Waals surface area contributed by atoms with E-state index < -0.39 is 6.17 Å². The van der Waals surface area contributed by atoms with Crippen molar-refractivity contribution in [1.82, 2.24) is 39.6 Å². The zero-order valence-corrected chi connectivity index (χ0v) is 22.5. The number of imidazole rings is 1. The molecule has 1 aliphatic carbocycles. The van der Waals surface area contributed by atoms with Crippen LogP contribution in [0.3, 0.4) is 0 Å². The molecule has 8 rings (SSSR count). The maximum Gasteiger partial charge on any atom is 0.167 e. The smallest absolute Gasteiger partial charge is 0.167 e. The Balaban J connectivity index is 1.16. The third-order valence-electron chi connectivity index (χ3n) is 8.07. The van der Waals surface area contributed by atoms with Crippen molar-refractivity contribution in [2.24, 2.45) is 0 Å². The molecule has 3 N–H and O–H groups in total. The average Bonchev–Trinajstić information content (AvgIpc) is 3.72. The molecule has 0 bridgehead atoms. The second-order valence-corrected chi connectivity index (χ2v) is 10.7. The number of rotatable bonds is 6. The van der Waals surface area contributed by atoms with Gasteiger partial charge in [0.1, 0.15) is 23.3 Å². The summed E-state index contributed by atoms with van der Waals surface area (Å²) in [6, 6.07) is 21.2. The molecule has 6 aromatic rings. The number of fused-ring (bicyclic) bond motifs is 2. The van der Waals surface area contributed by atoms with Crippen LogP contribution in [-0.2, 0) is 6.42 Å². The molecule has 2 aliphatic rings. The van der Waals surface area contributed by atoms with Crippen molar-refractivity contribution in [3.63, 3.8) is 0 Å². The second-order valence-electron chi connectivity index (χ2n) is 10.7. The Morgan fingerprint density at radius 3 is 2.60 bits per heavy atom. The number of nitrogens with two attached hydrogens (primary N) is 1. The van der Waals surface area contributed by atoms with E-state index in [1.807, 2.05) is 77.5 Å². The fourth-order valence-corrected chi connectivity index (χ4v) is 6.01. The van der Waals surface area contributed by atoms with Crippen molar-refractivity contribution in [1.29, 1.82) is 0 Å². The number of hydrogen-bond donors (Lipinski definition) is 2. The molecule has 208 valence electrons. The van der Waals surface area contributed by atoms with Crippen molar-refractivity contribution in [3.8, 4) is 22.9 Å². The average molecular weight is 559 g/mol. The monoisotopic (exact) mass is 558 g/mol. The Morgan fingerprint density at radius 1 is 0.881 bits per heavy atom. The third-order valence-corrected chi connectivity index (χ3v) is 8.07. The molecule has 5 aromatic heterocycles. The summed E-state index contributed by atoms with van der Waals surface area (Å²) in [6.45, 7) is 1.60. The van der Waals surface area contributed by atoms with Crippen molar-refractivity contribution in [2.45, 2.75) is 24.7 Å². The fourth-order valence-electron chi connectivity index (χ4n) is 6.01. The Kier molecular flexibility index (Phi) is 5.71. The maximum absolute atomic E-state index is 15.5. The van der Waals surface area contributed by atoms with Crippen LogP contribution in [0.2, 0.25) is 0 Å². The number of nitrogens with one attached hydrogen (secondary N) is 1. The third kappa shape index (κ3) is 4.08. The van der Waals surface area contributed by atoms with Crippen LogP contribution in [0.4, 0.5) is 16.0 Å². The highest BCUT2D eigenvalue weighted by molar-refractivity contribution is 5.83. The summed E-state index contributed by atoms with van der Waals surface area (Å²) in [5, 5.41) is 7.90. The number of alkyl halides is 1. The van der Waals surface area contributed by atoms with Crippen LogP contribution in [0.15, 0.2) is 91.5 Å². The summed E-state index contributed by atoms with van der Waals surface area (Å²) < 4.78 is 19.2. The second kappa shape index (κ2) is 9.74. The minimum Gasteiger partial charge on any atom is -0.383 e. The van der Waals surface area contributed by atoms with Crippen LogP contribution < -0.4 is 16.0 Å². The molecule has 0 radical (unpaired) electrons. The van der Waals surface area contributed by atoms with Crippen LogP contribution in [-0.4, -0.2) is 59.6 Å². The normalized spacial score (nSPS) is 18.4. The number of anilines is 2. The molecule has 42 heavy (non-hydrogen) atoms. The molecule has 1 unspecified atom stereocenters. The first-order valence-electron chi connectivity index (χ1n) is 13.9. The number of halogens is 1. The molecule has 0 amide bonds. The summed E-state index contributed by atoms with van der Waals surface area (Å²) in [5.41, 5.74) is 11.1. The van der Waals surface area contributed by atoms with E-state index >= 15 is 4.39 Å². The van der Waals surface area contributed by atoms with Crippen LogP contribution >= 0.6 is 0 Å². The summed E-state index contributed by atoms with van der Waals surface area (Å²) in [7, 11) is 0. The largest absolute Gasteiger partial charge is 0.383 e. The first-order valence-corrected chi connectivity index (χ1v) is 13.9. The highest BCUT2D eigenvalue weighted by atomic mass is 19.1. The van der Waals surface area contributed by atoms with E-state index in [1.165, 1.54) is 0 Å². The summed E-state index contributed by atoms with van der Waals surface area (Å²) in [5.74, 6) is 2.60. The van der Waals surface area contributed by atoms with Gasteiger partial charge in [-0.2, -0.15) is 5.10 Å². The van der Waals surface area contributed by atoms with Gasteiger partial charge < -0.3 is 16.0 Å². The van der Waals surface area contributed by atoms with E-state index in [-0.39, 0.29) is 12.1 Å². The van der Waals surface area contributed by atoms with E-state index in [2.05, 4.69) is 25.3 Å². The van der Waals surface area contributed by atoms with E-state index in [9.17, 15) is 0 Å². The lowest BCUT2D eigenvalue weighted by Gasteiger charge is -2.42. The van der Waals surface area contributed by atoms with Crippen LogP contribution in [0.1, 0.15) is 17.2 Å². The number of benzene rings is 1. The highest BCUT2D eigenvalue weighted by Gasteiger charge is 2.37. The van der Waals surface area contributed by atoms with Gasteiger partial charge in [-0.25, -0.2) is 29.0 Å². The van der Waals surface area contributed by atoms with Gasteiger partial charge in [-0.3, -0.25) is 4.57 Å². The number of aromatic nitrogens is 7. The lowest BCUT2D eigenvalue weighted by atomic mass is 10.0. The molecule has 6 heterocycles. The van der Waals surface area contributed by atoms with Crippen LogP contribution in [0.25, 0.3) is 34.1 Å².